The Morgan fingerprint density at radius 1 is 0.842 bits per heavy atom. The zero-order valence-corrected chi connectivity index (χ0v) is 13.8. The molecule has 2 aromatic carbocycles. The van der Waals surface area contributed by atoms with Crippen molar-refractivity contribution >= 4 is 34.5 Å². The summed E-state index contributed by atoms with van der Waals surface area (Å²) >= 11 is 1.25. The van der Waals surface area contributed by atoms with Crippen molar-refractivity contribution in [2.45, 2.75) is 9.79 Å². The molecule has 0 saturated carbocycles. The van der Waals surface area contributed by atoms with E-state index in [2.05, 4.69) is 52.3 Å². The highest BCUT2D eigenvalue weighted by Crippen LogP contribution is 2.37. The van der Waals surface area contributed by atoms with E-state index in [0.29, 0.717) is 0 Å². The third kappa shape index (κ3) is 2.76. The van der Waals surface area contributed by atoms with E-state index >= 15 is 0 Å². The summed E-state index contributed by atoms with van der Waals surface area (Å²) in [6.07, 6.45) is 0. The van der Waals surface area contributed by atoms with Gasteiger partial charge in [-0.1, -0.05) is 0 Å². The minimum Gasteiger partial charge on any atom is -1.00 e. The van der Waals surface area contributed by atoms with Gasteiger partial charge in [0.25, 0.3) is 0 Å². The molecule has 0 saturated heterocycles. The Labute approximate surface area is 134 Å². The van der Waals surface area contributed by atoms with Crippen LogP contribution in [-0.2, 0) is 11.8 Å². The summed E-state index contributed by atoms with van der Waals surface area (Å²) in [7, 11) is 3.89. The van der Waals surface area contributed by atoms with Crippen molar-refractivity contribution in [3.8, 4) is 0 Å². The van der Waals surface area contributed by atoms with Crippen LogP contribution in [0.5, 0.6) is 0 Å². The molecule has 1 aliphatic rings. The first kappa shape index (κ1) is 14.3. The zero-order chi connectivity index (χ0) is 12.5. The predicted octanol–water partition coefficient (Wildman–Crippen LogP) is 0.0639. The Morgan fingerprint density at radius 3 is 1.74 bits per heavy atom. The lowest BCUT2D eigenvalue weighted by molar-refractivity contribution is -0.00000352. The van der Waals surface area contributed by atoms with Crippen LogP contribution in [0.3, 0.4) is 0 Å². The second-order valence-corrected chi connectivity index (χ2v) is 5.39. The molecule has 0 unspecified atom stereocenters. The zero-order valence-electron chi connectivity index (χ0n) is 10.8. The number of rotatable bonds is 2. The minimum atomic E-state index is 0. The van der Waals surface area contributed by atoms with Crippen molar-refractivity contribution in [2.75, 3.05) is 30.0 Å². The second kappa shape index (κ2) is 5.92. The average molecular weight is 385 g/mol. The largest absolute Gasteiger partial charge is 1.00 e. The van der Waals surface area contributed by atoms with Gasteiger partial charge in [0.1, 0.15) is 0 Å². The van der Waals surface area contributed by atoms with Gasteiger partial charge in [0.15, 0.2) is 9.79 Å². The molecule has 5 heteroatoms. The van der Waals surface area contributed by atoms with Gasteiger partial charge in [-0.2, -0.15) is 0 Å². The second-order valence-electron chi connectivity index (χ2n) is 4.20. The Kier molecular flexibility index (Phi) is 4.46. The SMILES string of the molecule is CNc1ccc2c(c1)[SH+]c1cc(NC)ccc1N2.[I-]. The summed E-state index contributed by atoms with van der Waals surface area (Å²) in [5.74, 6) is 0. The molecule has 2 aromatic rings. The van der Waals surface area contributed by atoms with Crippen molar-refractivity contribution in [2.24, 2.45) is 0 Å². The fraction of sp³-hybridized carbons (Fsp3) is 0.143. The highest BCUT2D eigenvalue weighted by Gasteiger charge is 2.23. The van der Waals surface area contributed by atoms with Gasteiger partial charge in [-0.25, -0.2) is 0 Å². The molecular weight excluding hydrogens is 369 g/mol. The first-order chi connectivity index (χ1) is 8.80. The van der Waals surface area contributed by atoms with E-state index in [0.717, 1.165) is 11.4 Å². The van der Waals surface area contributed by atoms with Crippen LogP contribution in [0.25, 0.3) is 0 Å². The first-order valence-corrected chi connectivity index (χ1v) is 6.82. The van der Waals surface area contributed by atoms with E-state index < -0.39 is 0 Å². The molecule has 0 fully saturated rings. The number of benzene rings is 2. The van der Waals surface area contributed by atoms with Crippen LogP contribution in [-0.4, -0.2) is 14.1 Å². The third-order valence-corrected chi connectivity index (χ3v) is 4.30. The summed E-state index contributed by atoms with van der Waals surface area (Å²) in [6.45, 7) is 0. The van der Waals surface area contributed by atoms with Crippen molar-refractivity contribution in [1.82, 2.24) is 0 Å². The van der Waals surface area contributed by atoms with Crippen LogP contribution >= 0.6 is 0 Å². The molecule has 1 aliphatic heterocycles. The molecule has 0 aromatic heterocycles. The quantitative estimate of drug-likeness (QED) is 0.332. The van der Waals surface area contributed by atoms with E-state index in [1.54, 1.807) is 0 Å². The number of nitrogens with one attached hydrogen (secondary N) is 3. The maximum Gasteiger partial charge on any atom is 0.183 e. The number of fused-ring (bicyclic) bond motifs is 2. The molecule has 1 heterocycles. The van der Waals surface area contributed by atoms with Crippen LogP contribution < -0.4 is 39.9 Å². The van der Waals surface area contributed by atoms with Gasteiger partial charge in [0, 0.05) is 37.6 Å². The standard InChI is InChI=1S/C14H15N3S.HI/c1-15-9-3-5-11-13(7-9)18-14-8-10(16-2)4-6-12(14)17-11;/h3-8,15-17H,1-2H3;1H. The molecular formula is C14H16IN3S. The maximum atomic E-state index is 3.48. The maximum absolute atomic E-state index is 3.48. The smallest absolute Gasteiger partial charge is 0.183 e. The molecule has 100 valence electrons. The van der Waals surface area contributed by atoms with Gasteiger partial charge in [-0.3, -0.25) is 0 Å². The molecule has 0 bridgehead atoms. The predicted molar refractivity (Wildman–Crippen MR) is 80.6 cm³/mol. The molecule has 0 aliphatic carbocycles. The molecule has 3 rings (SSSR count). The average Bonchev–Trinajstić information content (AvgIpc) is 2.43. The van der Waals surface area contributed by atoms with Crippen molar-refractivity contribution in [3.63, 3.8) is 0 Å². The number of anilines is 4. The lowest BCUT2D eigenvalue weighted by Gasteiger charge is -2.16. The topological polar surface area (TPSA) is 36.1 Å². The van der Waals surface area contributed by atoms with E-state index in [1.165, 1.54) is 32.9 Å². The van der Waals surface area contributed by atoms with Crippen molar-refractivity contribution in [1.29, 1.82) is 0 Å². The molecule has 0 amide bonds. The highest BCUT2D eigenvalue weighted by molar-refractivity contribution is 7.79. The van der Waals surface area contributed by atoms with Crippen LogP contribution in [0.1, 0.15) is 0 Å². The normalized spacial score (nSPS) is 11.5. The molecule has 0 atom stereocenters. The molecule has 0 radical (unpaired) electrons. The molecule has 3 N–H and O–H groups in total. The van der Waals surface area contributed by atoms with Gasteiger partial charge in [0.05, 0.1) is 23.1 Å². The summed E-state index contributed by atoms with van der Waals surface area (Å²) < 4.78 is 0. The van der Waals surface area contributed by atoms with E-state index in [4.69, 9.17) is 0 Å². The fourth-order valence-electron chi connectivity index (χ4n) is 2.05. The van der Waals surface area contributed by atoms with E-state index in [9.17, 15) is 0 Å². The lowest BCUT2D eigenvalue weighted by Crippen LogP contribution is -3.00. The van der Waals surface area contributed by atoms with E-state index in [-0.39, 0.29) is 24.0 Å². The molecule has 3 nitrogen and oxygen atoms in total. The summed E-state index contributed by atoms with van der Waals surface area (Å²) in [4.78, 5) is 2.62. The number of hydrogen-bond donors (Lipinski definition) is 3. The summed E-state index contributed by atoms with van der Waals surface area (Å²) in [5, 5.41) is 9.84. The van der Waals surface area contributed by atoms with Gasteiger partial charge in [-0.05, 0) is 24.3 Å². The van der Waals surface area contributed by atoms with Crippen LogP contribution in [0, 0.1) is 0 Å². The van der Waals surface area contributed by atoms with Crippen molar-refractivity contribution < 1.29 is 24.0 Å². The van der Waals surface area contributed by atoms with Crippen LogP contribution in [0.2, 0.25) is 0 Å². The Bertz CT molecular complexity index is 550. The third-order valence-electron chi connectivity index (χ3n) is 3.08. The van der Waals surface area contributed by atoms with Gasteiger partial charge in [0.2, 0.25) is 0 Å². The number of halogens is 1. The first-order valence-electron chi connectivity index (χ1n) is 5.92. The lowest BCUT2D eigenvalue weighted by atomic mass is 10.2. The fourth-order valence-corrected chi connectivity index (χ4v) is 3.21. The number of thiol groups is 1. The van der Waals surface area contributed by atoms with Gasteiger partial charge < -0.3 is 39.9 Å². The Hall–Kier alpha value is -1.08. The summed E-state index contributed by atoms with van der Waals surface area (Å²) in [5.41, 5.74) is 4.69. The Morgan fingerprint density at radius 2 is 1.32 bits per heavy atom. The van der Waals surface area contributed by atoms with Crippen LogP contribution in [0.4, 0.5) is 22.7 Å². The van der Waals surface area contributed by atoms with Crippen molar-refractivity contribution in [3.05, 3.63) is 36.4 Å². The number of hydrogen-bond acceptors (Lipinski definition) is 3. The molecule has 19 heavy (non-hydrogen) atoms. The minimum absolute atomic E-state index is 0. The monoisotopic (exact) mass is 385 g/mol. The summed E-state index contributed by atoms with van der Waals surface area (Å²) in [6, 6.07) is 12.8. The molecule has 0 spiro atoms. The van der Waals surface area contributed by atoms with Gasteiger partial charge >= 0.3 is 0 Å². The van der Waals surface area contributed by atoms with Gasteiger partial charge in [-0.15, -0.1) is 0 Å². The Balaban J connectivity index is 0.00000133. The highest BCUT2D eigenvalue weighted by atomic mass is 127. The van der Waals surface area contributed by atoms with Crippen LogP contribution in [0.15, 0.2) is 46.2 Å². The van der Waals surface area contributed by atoms with E-state index in [1.807, 2.05) is 14.1 Å².